The molecule has 0 saturated heterocycles. The van der Waals surface area contributed by atoms with Crippen LogP contribution >= 0.6 is 12.2 Å². The molecule has 2 aromatic rings. The predicted molar refractivity (Wildman–Crippen MR) is 87.7 cm³/mol. The van der Waals surface area contributed by atoms with Gasteiger partial charge in [-0.1, -0.05) is 29.8 Å². The highest BCUT2D eigenvalue weighted by atomic mass is 32.1. The van der Waals surface area contributed by atoms with Crippen LogP contribution in [0, 0.1) is 11.8 Å². The van der Waals surface area contributed by atoms with E-state index < -0.39 is 0 Å². The summed E-state index contributed by atoms with van der Waals surface area (Å²) in [5, 5.41) is 9.69. The van der Waals surface area contributed by atoms with Crippen molar-refractivity contribution in [2.75, 3.05) is 0 Å². The highest BCUT2D eigenvalue weighted by Gasteiger charge is 2.06. The number of oxazole rings is 1. The van der Waals surface area contributed by atoms with Crippen molar-refractivity contribution < 1.29 is 9.52 Å². The molecule has 4 nitrogen and oxygen atoms in total. The molecule has 1 aromatic carbocycles. The maximum atomic E-state index is 9.69. The summed E-state index contributed by atoms with van der Waals surface area (Å²) in [6.45, 7) is 2.04. The van der Waals surface area contributed by atoms with Crippen LogP contribution in [0.4, 0.5) is 5.69 Å². The first kappa shape index (κ1) is 15.0. The van der Waals surface area contributed by atoms with E-state index in [1.54, 1.807) is 37.6 Å². The molecule has 0 amide bonds. The molecule has 2 rings (SSSR count). The van der Waals surface area contributed by atoms with Crippen molar-refractivity contribution in [1.82, 2.24) is 4.57 Å². The zero-order valence-electron chi connectivity index (χ0n) is 11.9. The molecule has 0 unspecified atom stereocenters. The normalized spacial score (nSPS) is 12.1. The molecular weight excluding hydrogens is 284 g/mol. The molecular formula is C16H16N2O2S. The largest absolute Gasteiger partial charge is 0.492 e. The molecule has 0 fully saturated rings. The van der Waals surface area contributed by atoms with Gasteiger partial charge >= 0.3 is 0 Å². The van der Waals surface area contributed by atoms with Gasteiger partial charge in [-0.2, -0.15) is 0 Å². The minimum absolute atomic E-state index is 0.0120. The van der Waals surface area contributed by atoms with Crippen LogP contribution in [-0.2, 0) is 7.05 Å². The minimum atomic E-state index is 0.0120. The van der Waals surface area contributed by atoms with E-state index >= 15 is 0 Å². The second-order valence-corrected chi connectivity index (χ2v) is 4.82. The van der Waals surface area contributed by atoms with Crippen LogP contribution in [0.3, 0.4) is 0 Å². The molecule has 0 radical (unpaired) electrons. The molecule has 0 spiro atoms. The maximum absolute atomic E-state index is 9.69. The Morgan fingerprint density at radius 2 is 1.90 bits per heavy atom. The Labute approximate surface area is 128 Å². The molecule has 0 bridgehead atoms. The van der Waals surface area contributed by atoms with Gasteiger partial charge in [0.05, 0.1) is 5.69 Å². The summed E-state index contributed by atoms with van der Waals surface area (Å²) >= 11 is 4.91. The maximum Gasteiger partial charge on any atom is 0.271 e. The predicted octanol–water partition coefficient (Wildman–Crippen LogP) is 4.33. The van der Waals surface area contributed by atoms with E-state index in [1.807, 2.05) is 31.2 Å². The Morgan fingerprint density at radius 3 is 2.52 bits per heavy atom. The van der Waals surface area contributed by atoms with E-state index in [2.05, 4.69) is 4.99 Å². The monoisotopic (exact) mass is 300 g/mol. The van der Waals surface area contributed by atoms with Crippen LogP contribution in [0.5, 0.6) is 5.88 Å². The summed E-state index contributed by atoms with van der Waals surface area (Å²) in [6.07, 6.45) is 8.68. The van der Waals surface area contributed by atoms with E-state index in [0.717, 1.165) is 5.69 Å². The van der Waals surface area contributed by atoms with Gasteiger partial charge in [0.15, 0.2) is 5.76 Å². The van der Waals surface area contributed by atoms with Crippen LogP contribution in [0.15, 0.2) is 51.9 Å². The Kier molecular flexibility index (Phi) is 4.90. The van der Waals surface area contributed by atoms with Gasteiger partial charge in [-0.25, -0.2) is 0 Å². The average molecular weight is 300 g/mol. The van der Waals surface area contributed by atoms with Gasteiger partial charge in [0, 0.05) is 13.3 Å². The van der Waals surface area contributed by atoms with Crippen molar-refractivity contribution in [2.45, 2.75) is 6.92 Å². The molecule has 1 heterocycles. The first-order valence-corrected chi connectivity index (χ1v) is 6.81. The fraction of sp³-hybridized carbons (Fsp3) is 0.125. The van der Waals surface area contributed by atoms with Gasteiger partial charge in [0.25, 0.3) is 4.84 Å². The number of aliphatic imine (C=N–C) groups is 1. The van der Waals surface area contributed by atoms with E-state index in [1.165, 1.54) is 10.1 Å². The molecule has 1 aromatic heterocycles. The molecule has 1 N–H and O–H groups in total. The molecule has 0 saturated carbocycles. The number of aryl methyl sites for hydroxylation is 1. The molecule has 0 aliphatic heterocycles. The zero-order chi connectivity index (χ0) is 15.2. The number of nitrogens with zero attached hydrogens (tertiary/aromatic N) is 2. The third-order valence-corrected chi connectivity index (χ3v) is 3.18. The molecule has 0 aliphatic rings. The minimum Gasteiger partial charge on any atom is -0.492 e. The van der Waals surface area contributed by atoms with Crippen molar-refractivity contribution in [3.05, 3.63) is 58.7 Å². The van der Waals surface area contributed by atoms with Crippen LogP contribution in [-0.4, -0.2) is 15.9 Å². The summed E-state index contributed by atoms with van der Waals surface area (Å²) in [5.74, 6) is 0.348. The lowest BCUT2D eigenvalue weighted by atomic mass is 10.2. The third kappa shape index (κ3) is 4.03. The zero-order valence-corrected chi connectivity index (χ0v) is 12.7. The van der Waals surface area contributed by atoms with Gasteiger partial charge in [0.2, 0.25) is 5.88 Å². The summed E-state index contributed by atoms with van der Waals surface area (Å²) in [6, 6.07) is 7.95. The summed E-state index contributed by atoms with van der Waals surface area (Å²) < 4.78 is 6.61. The van der Waals surface area contributed by atoms with Crippen molar-refractivity contribution in [2.24, 2.45) is 12.0 Å². The van der Waals surface area contributed by atoms with Crippen molar-refractivity contribution in [3.63, 3.8) is 0 Å². The van der Waals surface area contributed by atoms with Crippen molar-refractivity contribution in [1.29, 1.82) is 0 Å². The van der Waals surface area contributed by atoms with Crippen LogP contribution in [0.25, 0.3) is 6.08 Å². The van der Waals surface area contributed by atoms with Crippen molar-refractivity contribution >= 4 is 30.2 Å². The molecule has 21 heavy (non-hydrogen) atoms. The van der Waals surface area contributed by atoms with E-state index in [9.17, 15) is 5.11 Å². The van der Waals surface area contributed by atoms with Crippen molar-refractivity contribution in [3.8, 4) is 5.88 Å². The summed E-state index contributed by atoms with van der Waals surface area (Å²) in [7, 11) is 1.64. The van der Waals surface area contributed by atoms with Gasteiger partial charge in [-0.15, -0.1) is 0 Å². The average Bonchev–Trinajstić information content (AvgIpc) is 2.72. The second kappa shape index (κ2) is 6.85. The molecule has 0 aliphatic carbocycles. The van der Waals surface area contributed by atoms with Gasteiger partial charge in [-0.05, 0) is 43.4 Å². The first-order valence-electron chi connectivity index (χ1n) is 6.41. The summed E-state index contributed by atoms with van der Waals surface area (Å²) in [5.41, 5.74) is 2.11. The Balaban J connectivity index is 1.96. The number of benzene rings is 1. The van der Waals surface area contributed by atoms with Gasteiger partial charge in [-0.3, -0.25) is 9.56 Å². The van der Waals surface area contributed by atoms with Crippen LogP contribution < -0.4 is 0 Å². The number of rotatable bonds is 4. The smallest absolute Gasteiger partial charge is 0.271 e. The van der Waals surface area contributed by atoms with E-state index in [4.69, 9.17) is 16.6 Å². The number of aromatic hydroxyl groups is 1. The van der Waals surface area contributed by atoms with Gasteiger partial charge in [0.1, 0.15) is 0 Å². The lowest BCUT2D eigenvalue weighted by Crippen LogP contribution is -1.84. The number of hydrogen-bond donors (Lipinski definition) is 1. The Morgan fingerprint density at radius 1 is 1.19 bits per heavy atom. The quantitative estimate of drug-likeness (QED) is 0.519. The SMILES string of the molecule is Cc1ccc(N=C/C=C/C=C/c2oc(=S)n(C)c2O)cc1. The molecule has 108 valence electrons. The lowest BCUT2D eigenvalue weighted by Gasteiger charge is -1.92. The molecule has 0 atom stereocenters. The standard InChI is InChI=1S/C16H16N2O2S/c1-12-7-9-13(10-8-12)17-11-5-3-4-6-14-15(19)18(2)16(21)20-14/h3-11,19H,1-2H3/b5-3+,6-4+,17-11?. The van der Waals surface area contributed by atoms with E-state index in [-0.39, 0.29) is 10.7 Å². The van der Waals surface area contributed by atoms with Gasteiger partial charge < -0.3 is 9.52 Å². The summed E-state index contributed by atoms with van der Waals surface area (Å²) in [4.78, 5) is 4.52. The van der Waals surface area contributed by atoms with Crippen LogP contribution in [0.2, 0.25) is 0 Å². The Hall–Kier alpha value is -2.40. The highest BCUT2D eigenvalue weighted by Crippen LogP contribution is 2.20. The topological polar surface area (TPSA) is 50.7 Å². The molecule has 5 heteroatoms. The number of hydrogen-bond acceptors (Lipinski definition) is 4. The van der Waals surface area contributed by atoms with Crippen LogP contribution in [0.1, 0.15) is 11.3 Å². The Bertz CT molecular complexity index is 750. The fourth-order valence-corrected chi connectivity index (χ4v) is 1.76. The second-order valence-electron chi connectivity index (χ2n) is 4.47. The lowest BCUT2D eigenvalue weighted by molar-refractivity contribution is 0.428. The third-order valence-electron chi connectivity index (χ3n) is 2.82. The fourth-order valence-electron chi connectivity index (χ4n) is 1.59. The number of allylic oxidation sites excluding steroid dienone is 3. The first-order chi connectivity index (χ1) is 10.1. The number of aromatic nitrogens is 1. The van der Waals surface area contributed by atoms with E-state index in [0.29, 0.717) is 5.76 Å². The highest BCUT2D eigenvalue weighted by molar-refractivity contribution is 7.71.